The highest BCUT2D eigenvalue weighted by Crippen LogP contribution is 2.13. The van der Waals surface area contributed by atoms with E-state index in [1.165, 1.54) is 6.07 Å². The molecule has 0 fully saturated rings. The number of anilines is 1. The lowest BCUT2D eigenvalue weighted by molar-refractivity contribution is 0.0647. The van der Waals surface area contributed by atoms with E-state index in [0.29, 0.717) is 5.82 Å². The zero-order chi connectivity index (χ0) is 10.8. The second kappa shape index (κ2) is 3.88. The van der Waals surface area contributed by atoms with Crippen molar-refractivity contribution in [3.8, 4) is 0 Å². The fourth-order valence-electron chi connectivity index (χ4n) is 0.811. The molecule has 1 rings (SSSR count). The van der Waals surface area contributed by atoms with Gasteiger partial charge in [-0.15, -0.1) is 0 Å². The Morgan fingerprint density at radius 1 is 1.50 bits per heavy atom. The largest absolute Gasteiger partial charge is 0.388 e. The van der Waals surface area contributed by atoms with Crippen molar-refractivity contribution in [1.82, 2.24) is 9.97 Å². The van der Waals surface area contributed by atoms with Gasteiger partial charge < -0.3 is 10.4 Å². The lowest BCUT2D eigenvalue weighted by Crippen LogP contribution is -2.39. The summed E-state index contributed by atoms with van der Waals surface area (Å²) in [5.41, 5.74) is -0.887. The molecular weight excluding hydrogens is 185 g/mol. The second-order valence-corrected chi connectivity index (χ2v) is 3.75. The Hall–Kier alpha value is -1.23. The molecule has 0 saturated heterocycles. The molecule has 1 aromatic rings. The van der Waals surface area contributed by atoms with Crippen LogP contribution in [0.2, 0.25) is 0 Å². The predicted octanol–water partition coefficient (Wildman–Crippen LogP) is 1.19. The van der Waals surface area contributed by atoms with Crippen molar-refractivity contribution < 1.29 is 9.50 Å². The van der Waals surface area contributed by atoms with E-state index in [1.807, 2.05) is 0 Å². The SMILES string of the molecule is CC(Nc1cc(F)ncn1)C(C)(C)O. The molecule has 0 aliphatic heterocycles. The van der Waals surface area contributed by atoms with E-state index in [-0.39, 0.29) is 6.04 Å². The highest BCUT2D eigenvalue weighted by Gasteiger charge is 2.22. The van der Waals surface area contributed by atoms with Gasteiger partial charge in [-0.25, -0.2) is 9.97 Å². The monoisotopic (exact) mass is 199 g/mol. The van der Waals surface area contributed by atoms with Crippen molar-refractivity contribution in [2.75, 3.05) is 5.32 Å². The first-order chi connectivity index (χ1) is 6.39. The molecule has 0 aliphatic carbocycles. The van der Waals surface area contributed by atoms with Crippen molar-refractivity contribution in [1.29, 1.82) is 0 Å². The standard InChI is InChI=1S/C9H14FN3O/c1-6(9(2,3)14)13-8-4-7(10)11-5-12-8/h4-6,14H,1-3H3,(H,11,12,13). The maximum Gasteiger partial charge on any atom is 0.217 e. The van der Waals surface area contributed by atoms with Gasteiger partial charge in [0, 0.05) is 6.07 Å². The Bertz CT molecular complexity index is 311. The normalized spacial score (nSPS) is 13.8. The number of aliphatic hydroxyl groups is 1. The Balaban J connectivity index is 2.70. The highest BCUT2D eigenvalue weighted by atomic mass is 19.1. The first kappa shape index (κ1) is 10.8. The Labute approximate surface area is 82.2 Å². The third kappa shape index (κ3) is 2.92. The summed E-state index contributed by atoms with van der Waals surface area (Å²) in [6, 6.07) is 0.958. The van der Waals surface area contributed by atoms with E-state index in [0.717, 1.165) is 6.33 Å². The van der Waals surface area contributed by atoms with E-state index >= 15 is 0 Å². The van der Waals surface area contributed by atoms with Crippen LogP contribution in [0.1, 0.15) is 20.8 Å². The number of halogens is 1. The first-order valence-corrected chi connectivity index (χ1v) is 4.36. The van der Waals surface area contributed by atoms with Gasteiger partial charge in [0.2, 0.25) is 5.95 Å². The molecule has 0 saturated carbocycles. The van der Waals surface area contributed by atoms with Gasteiger partial charge in [-0.2, -0.15) is 4.39 Å². The summed E-state index contributed by atoms with van der Waals surface area (Å²) in [6.07, 6.45) is 1.13. The topological polar surface area (TPSA) is 58.0 Å². The second-order valence-electron chi connectivity index (χ2n) is 3.75. The van der Waals surface area contributed by atoms with Crippen LogP contribution in [0.25, 0.3) is 0 Å². The average molecular weight is 199 g/mol. The number of nitrogens with one attached hydrogen (secondary N) is 1. The van der Waals surface area contributed by atoms with Crippen molar-refractivity contribution in [2.24, 2.45) is 0 Å². The molecule has 0 amide bonds. The van der Waals surface area contributed by atoms with Crippen LogP contribution in [-0.4, -0.2) is 26.7 Å². The van der Waals surface area contributed by atoms with Gasteiger partial charge in [-0.3, -0.25) is 0 Å². The molecule has 1 heterocycles. The summed E-state index contributed by atoms with van der Waals surface area (Å²) >= 11 is 0. The van der Waals surface area contributed by atoms with Crippen LogP contribution in [0.3, 0.4) is 0 Å². The lowest BCUT2D eigenvalue weighted by Gasteiger charge is -2.26. The van der Waals surface area contributed by atoms with Gasteiger partial charge in [-0.1, -0.05) is 0 Å². The molecule has 0 aromatic carbocycles. The third-order valence-corrected chi connectivity index (χ3v) is 2.06. The molecule has 2 N–H and O–H groups in total. The van der Waals surface area contributed by atoms with Crippen molar-refractivity contribution >= 4 is 5.82 Å². The third-order valence-electron chi connectivity index (χ3n) is 2.06. The number of hydrogen-bond donors (Lipinski definition) is 2. The minimum atomic E-state index is -0.887. The fourth-order valence-corrected chi connectivity index (χ4v) is 0.811. The quantitative estimate of drug-likeness (QED) is 0.718. The lowest BCUT2D eigenvalue weighted by atomic mass is 10.0. The van der Waals surface area contributed by atoms with Crippen LogP contribution in [0, 0.1) is 5.95 Å². The fraction of sp³-hybridized carbons (Fsp3) is 0.556. The summed E-state index contributed by atoms with van der Waals surface area (Å²) in [5, 5.41) is 12.5. The molecule has 1 unspecified atom stereocenters. The van der Waals surface area contributed by atoms with Gasteiger partial charge in [0.25, 0.3) is 0 Å². The zero-order valence-electron chi connectivity index (χ0n) is 8.45. The molecule has 5 heteroatoms. The summed E-state index contributed by atoms with van der Waals surface area (Å²) < 4.78 is 12.7. The van der Waals surface area contributed by atoms with E-state index < -0.39 is 11.5 Å². The Kier molecular flexibility index (Phi) is 3.00. The summed E-state index contributed by atoms with van der Waals surface area (Å²) in [7, 11) is 0. The average Bonchev–Trinajstić information content (AvgIpc) is 2.02. The van der Waals surface area contributed by atoms with E-state index in [4.69, 9.17) is 0 Å². The number of nitrogens with zero attached hydrogens (tertiary/aromatic N) is 2. The highest BCUT2D eigenvalue weighted by molar-refractivity contribution is 5.34. The van der Waals surface area contributed by atoms with E-state index in [1.54, 1.807) is 20.8 Å². The van der Waals surface area contributed by atoms with Gasteiger partial charge in [-0.05, 0) is 20.8 Å². The molecule has 4 nitrogen and oxygen atoms in total. The summed E-state index contributed by atoms with van der Waals surface area (Å²) in [5.74, 6) is -0.224. The Morgan fingerprint density at radius 2 is 2.14 bits per heavy atom. The van der Waals surface area contributed by atoms with Crippen molar-refractivity contribution in [3.05, 3.63) is 18.3 Å². The van der Waals surface area contributed by atoms with Gasteiger partial charge in [0.05, 0.1) is 11.6 Å². The minimum absolute atomic E-state index is 0.225. The smallest absolute Gasteiger partial charge is 0.217 e. The molecule has 14 heavy (non-hydrogen) atoms. The molecular formula is C9H14FN3O. The molecule has 0 aliphatic rings. The van der Waals surface area contributed by atoms with E-state index in [9.17, 15) is 9.50 Å². The maximum atomic E-state index is 12.7. The predicted molar refractivity (Wildman–Crippen MR) is 51.4 cm³/mol. The number of rotatable bonds is 3. The molecule has 0 bridgehead atoms. The van der Waals surface area contributed by atoms with Crippen LogP contribution in [0.5, 0.6) is 0 Å². The molecule has 78 valence electrons. The number of hydrogen-bond acceptors (Lipinski definition) is 4. The Morgan fingerprint density at radius 3 is 2.64 bits per heavy atom. The number of aromatic nitrogens is 2. The van der Waals surface area contributed by atoms with Crippen LogP contribution in [-0.2, 0) is 0 Å². The summed E-state index contributed by atoms with van der Waals surface area (Å²) in [4.78, 5) is 7.15. The summed E-state index contributed by atoms with van der Waals surface area (Å²) in [6.45, 7) is 5.13. The van der Waals surface area contributed by atoms with Crippen molar-refractivity contribution in [2.45, 2.75) is 32.4 Å². The zero-order valence-corrected chi connectivity index (χ0v) is 8.45. The maximum absolute atomic E-state index is 12.7. The molecule has 1 atom stereocenters. The molecule has 0 radical (unpaired) electrons. The van der Waals surface area contributed by atoms with Crippen LogP contribution < -0.4 is 5.32 Å². The molecule has 0 spiro atoms. The van der Waals surface area contributed by atoms with Gasteiger partial charge >= 0.3 is 0 Å². The molecule has 1 aromatic heterocycles. The van der Waals surface area contributed by atoms with E-state index in [2.05, 4.69) is 15.3 Å². The van der Waals surface area contributed by atoms with Crippen molar-refractivity contribution in [3.63, 3.8) is 0 Å². The first-order valence-electron chi connectivity index (χ1n) is 4.36. The van der Waals surface area contributed by atoms with Crippen LogP contribution in [0.4, 0.5) is 10.2 Å². The van der Waals surface area contributed by atoms with Gasteiger partial charge in [0.15, 0.2) is 0 Å². The minimum Gasteiger partial charge on any atom is -0.388 e. The van der Waals surface area contributed by atoms with Crippen LogP contribution >= 0.6 is 0 Å². The van der Waals surface area contributed by atoms with Crippen LogP contribution in [0.15, 0.2) is 12.4 Å². The van der Waals surface area contributed by atoms with Gasteiger partial charge in [0.1, 0.15) is 12.1 Å².